The van der Waals surface area contributed by atoms with Crippen LogP contribution in [0.25, 0.3) is 0 Å². The zero-order valence-corrected chi connectivity index (χ0v) is 9.53. The van der Waals surface area contributed by atoms with Gasteiger partial charge in [-0.3, -0.25) is 0 Å². The molecule has 1 heterocycles. The van der Waals surface area contributed by atoms with Crippen LogP contribution in [-0.2, 0) is 0 Å². The number of nitriles is 1. The first-order chi connectivity index (χ1) is 8.00. The largest absolute Gasteiger partial charge is 0.359 e. The van der Waals surface area contributed by atoms with E-state index in [4.69, 9.17) is 5.26 Å². The van der Waals surface area contributed by atoms with Gasteiger partial charge in [-0.15, -0.1) is 0 Å². The van der Waals surface area contributed by atoms with Gasteiger partial charge in [0.2, 0.25) is 5.92 Å². The van der Waals surface area contributed by atoms with E-state index in [-0.39, 0.29) is 18.8 Å². The minimum atomic E-state index is -2.47. The van der Waals surface area contributed by atoms with Crippen LogP contribution < -0.4 is 4.90 Å². The first-order valence-corrected chi connectivity index (χ1v) is 5.45. The molecule has 90 valence electrons. The molecular weight excluding hydrogens is 224 g/mol. The first kappa shape index (κ1) is 11.8. The third-order valence-corrected chi connectivity index (χ3v) is 2.97. The molecular formula is C12H13F2N3. The van der Waals surface area contributed by atoms with Gasteiger partial charge in [0, 0.05) is 32.6 Å². The molecule has 0 N–H and O–H groups in total. The van der Waals surface area contributed by atoms with Gasteiger partial charge in [0.25, 0.3) is 0 Å². The zero-order chi connectivity index (χ0) is 12.5. The lowest BCUT2D eigenvalue weighted by Crippen LogP contribution is -2.41. The average Bonchev–Trinajstić information content (AvgIpc) is 2.26. The van der Waals surface area contributed by atoms with Crippen molar-refractivity contribution in [2.24, 2.45) is 5.92 Å². The Morgan fingerprint density at radius 3 is 2.71 bits per heavy atom. The van der Waals surface area contributed by atoms with Crippen LogP contribution in [0.5, 0.6) is 0 Å². The second kappa shape index (κ2) is 4.28. The average molecular weight is 237 g/mol. The molecule has 0 aliphatic heterocycles. The van der Waals surface area contributed by atoms with Gasteiger partial charge in [0.15, 0.2) is 0 Å². The van der Waals surface area contributed by atoms with Crippen molar-refractivity contribution in [3.05, 3.63) is 23.9 Å². The van der Waals surface area contributed by atoms with Gasteiger partial charge < -0.3 is 4.90 Å². The third-order valence-electron chi connectivity index (χ3n) is 2.97. The summed E-state index contributed by atoms with van der Waals surface area (Å²) < 4.78 is 25.3. The predicted molar refractivity (Wildman–Crippen MR) is 59.9 cm³/mol. The van der Waals surface area contributed by atoms with Crippen LogP contribution >= 0.6 is 0 Å². The van der Waals surface area contributed by atoms with E-state index in [1.54, 1.807) is 12.1 Å². The van der Waals surface area contributed by atoms with Gasteiger partial charge in [-0.25, -0.2) is 13.8 Å². The summed E-state index contributed by atoms with van der Waals surface area (Å²) in [6, 6.07) is 5.39. The molecule has 1 aliphatic carbocycles. The van der Waals surface area contributed by atoms with Crippen LogP contribution in [0.2, 0.25) is 0 Å². The summed E-state index contributed by atoms with van der Waals surface area (Å²) in [5.74, 6) is -1.73. The highest BCUT2D eigenvalue weighted by atomic mass is 19.3. The standard InChI is InChI=1S/C12H13F2N3/c1-17(8-10-4-12(13,14)5-10)11-3-2-9(6-15)7-16-11/h2-3,7,10H,4-5,8H2,1H3. The molecule has 0 atom stereocenters. The Balaban J connectivity index is 1.92. The van der Waals surface area contributed by atoms with Crippen molar-refractivity contribution in [3.63, 3.8) is 0 Å². The van der Waals surface area contributed by atoms with Crippen LogP contribution in [0.4, 0.5) is 14.6 Å². The summed E-state index contributed by atoms with van der Waals surface area (Å²) in [6.45, 7) is 0.578. The van der Waals surface area contributed by atoms with Gasteiger partial charge in [-0.1, -0.05) is 0 Å². The highest BCUT2D eigenvalue weighted by Crippen LogP contribution is 2.42. The van der Waals surface area contributed by atoms with E-state index in [0.29, 0.717) is 17.9 Å². The molecule has 1 aliphatic rings. The highest BCUT2D eigenvalue weighted by molar-refractivity contribution is 5.41. The fourth-order valence-corrected chi connectivity index (χ4v) is 2.07. The number of halogens is 2. The van der Waals surface area contributed by atoms with E-state index in [2.05, 4.69) is 4.98 Å². The van der Waals surface area contributed by atoms with Gasteiger partial charge in [-0.05, 0) is 18.1 Å². The Bertz CT molecular complexity index is 428. The molecule has 1 aromatic heterocycles. The van der Waals surface area contributed by atoms with Crippen LogP contribution in [0.15, 0.2) is 18.3 Å². The molecule has 1 saturated carbocycles. The van der Waals surface area contributed by atoms with Crippen LogP contribution in [0.3, 0.4) is 0 Å². The van der Waals surface area contributed by atoms with Crippen molar-refractivity contribution >= 4 is 5.82 Å². The summed E-state index contributed by atoms with van der Waals surface area (Å²) in [7, 11) is 1.82. The quantitative estimate of drug-likeness (QED) is 0.810. The number of aromatic nitrogens is 1. The lowest BCUT2D eigenvalue weighted by Gasteiger charge is -2.37. The van der Waals surface area contributed by atoms with Crippen molar-refractivity contribution in [2.45, 2.75) is 18.8 Å². The Hall–Kier alpha value is -1.70. The van der Waals surface area contributed by atoms with Crippen LogP contribution in [0.1, 0.15) is 18.4 Å². The Morgan fingerprint density at radius 1 is 1.53 bits per heavy atom. The minimum absolute atomic E-state index is 0.0341. The minimum Gasteiger partial charge on any atom is -0.359 e. The molecule has 0 saturated heterocycles. The first-order valence-electron chi connectivity index (χ1n) is 5.45. The number of pyridine rings is 1. The van der Waals surface area contributed by atoms with Gasteiger partial charge in [0.1, 0.15) is 11.9 Å². The van der Waals surface area contributed by atoms with E-state index in [0.717, 1.165) is 0 Å². The van der Waals surface area contributed by atoms with Crippen molar-refractivity contribution < 1.29 is 8.78 Å². The molecule has 0 aromatic carbocycles. The summed E-state index contributed by atoms with van der Waals surface area (Å²) in [5.41, 5.74) is 0.498. The molecule has 2 rings (SSSR count). The third kappa shape index (κ3) is 2.70. The van der Waals surface area contributed by atoms with E-state index < -0.39 is 5.92 Å². The smallest absolute Gasteiger partial charge is 0.248 e. The van der Waals surface area contributed by atoms with Crippen molar-refractivity contribution in [3.8, 4) is 6.07 Å². The molecule has 5 heteroatoms. The van der Waals surface area contributed by atoms with Crippen LogP contribution in [-0.4, -0.2) is 24.5 Å². The lowest BCUT2D eigenvalue weighted by molar-refractivity contribution is -0.107. The molecule has 1 aromatic rings. The summed E-state index contributed by atoms with van der Waals surface area (Å²) in [4.78, 5) is 5.96. The highest BCUT2D eigenvalue weighted by Gasteiger charge is 2.45. The molecule has 0 unspecified atom stereocenters. The SMILES string of the molecule is CN(CC1CC(F)(F)C1)c1ccc(C#N)cn1. The Kier molecular flexibility index (Phi) is 2.97. The monoisotopic (exact) mass is 237 g/mol. The van der Waals surface area contributed by atoms with E-state index >= 15 is 0 Å². The lowest BCUT2D eigenvalue weighted by atomic mass is 9.81. The van der Waals surface area contributed by atoms with E-state index in [1.165, 1.54) is 6.20 Å². The summed E-state index contributed by atoms with van der Waals surface area (Å²) in [6.07, 6.45) is 1.42. The molecule has 0 amide bonds. The molecule has 0 radical (unpaired) electrons. The van der Waals surface area contributed by atoms with Crippen molar-refractivity contribution in [1.82, 2.24) is 4.98 Å². The number of anilines is 1. The Labute approximate surface area is 98.7 Å². The summed E-state index contributed by atoms with van der Waals surface area (Å²) in [5, 5.41) is 8.63. The predicted octanol–water partition coefficient (Wildman–Crippen LogP) is 2.43. The molecule has 17 heavy (non-hydrogen) atoms. The zero-order valence-electron chi connectivity index (χ0n) is 9.53. The maximum Gasteiger partial charge on any atom is 0.248 e. The topological polar surface area (TPSA) is 39.9 Å². The molecule has 0 spiro atoms. The number of hydrogen-bond donors (Lipinski definition) is 0. The van der Waals surface area contributed by atoms with Gasteiger partial charge >= 0.3 is 0 Å². The number of nitrogens with zero attached hydrogens (tertiary/aromatic N) is 3. The maximum atomic E-state index is 12.7. The normalized spacial score (nSPS) is 18.2. The maximum absolute atomic E-state index is 12.7. The van der Waals surface area contributed by atoms with Crippen LogP contribution in [0, 0.1) is 17.2 Å². The molecule has 1 fully saturated rings. The second-order valence-electron chi connectivity index (χ2n) is 4.53. The number of hydrogen-bond acceptors (Lipinski definition) is 3. The van der Waals surface area contributed by atoms with E-state index in [1.807, 2.05) is 18.0 Å². The number of rotatable bonds is 3. The fraction of sp³-hybridized carbons (Fsp3) is 0.500. The van der Waals surface area contributed by atoms with E-state index in [9.17, 15) is 8.78 Å². The van der Waals surface area contributed by atoms with Crippen molar-refractivity contribution in [1.29, 1.82) is 5.26 Å². The fourth-order valence-electron chi connectivity index (χ4n) is 2.07. The molecule has 0 bridgehead atoms. The Morgan fingerprint density at radius 2 is 2.24 bits per heavy atom. The molecule has 3 nitrogen and oxygen atoms in total. The number of alkyl halides is 2. The summed E-state index contributed by atoms with van der Waals surface area (Å²) >= 11 is 0. The second-order valence-corrected chi connectivity index (χ2v) is 4.53. The van der Waals surface area contributed by atoms with Crippen molar-refractivity contribution in [2.75, 3.05) is 18.5 Å². The van der Waals surface area contributed by atoms with Gasteiger partial charge in [0.05, 0.1) is 5.56 Å². The van der Waals surface area contributed by atoms with Gasteiger partial charge in [-0.2, -0.15) is 5.26 Å².